The number of halogens is 1. The second-order valence-corrected chi connectivity index (χ2v) is 11.9. The maximum atomic E-state index is 12.7. The van der Waals surface area contributed by atoms with E-state index in [9.17, 15) is 14.4 Å². The number of nitrogens with one attached hydrogen (secondary N) is 2. The van der Waals surface area contributed by atoms with Crippen LogP contribution in [0.5, 0.6) is 0 Å². The summed E-state index contributed by atoms with van der Waals surface area (Å²) in [4.78, 5) is 41.5. The number of likely N-dealkylation sites (tertiary alicyclic amines) is 1. The van der Waals surface area contributed by atoms with Crippen LogP contribution in [0.4, 0.5) is 0 Å². The molecule has 0 aromatic carbocycles. The number of piperidine rings is 2. The van der Waals surface area contributed by atoms with Crippen LogP contribution in [0.25, 0.3) is 0 Å². The van der Waals surface area contributed by atoms with Gasteiger partial charge < -0.3 is 20.4 Å². The Kier molecular flexibility index (Phi) is 11.1. The first kappa shape index (κ1) is 29.9. The summed E-state index contributed by atoms with van der Waals surface area (Å²) in [5.74, 6) is 0.482. The van der Waals surface area contributed by atoms with E-state index in [2.05, 4.69) is 22.5 Å². The minimum Gasteiger partial charge on any atom is -0.380 e. The number of allylic oxidation sites excluding steroid dienone is 3. The van der Waals surface area contributed by atoms with E-state index in [-0.39, 0.29) is 41.0 Å². The molecule has 2 heterocycles. The molecule has 0 aliphatic carbocycles. The fourth-order valence-electron chi connectivity index (χ4n) is 4.92. The molecule has 0 aromatic heterocycles. The van der Waals surface area contributed by atoms with E-state index in [1.54, 1.807) is 25.2 Å². The SMILES string of the molecule is C/C=C(/C=C(Cl)\C=C\N(C)CC1CCN(C(=O)C(C)(C)C)CC1)C(=O)NCC1C(=O)NC(C)CC1C. The number of hydrogen-bond acceptors (Lipinski definition) is 4. The van der Waals surface area contributed by atoms with Crippen LogP contribution in [0.15, 0.2) is 35.0 Å². The first-order valence-corrected chi connectivity index (χ1v) is 13.5. The Labute approximate surface area is 222 Å². The molecule has 7 nitrogen and oxygen atoms in total. The van der Waals surface area contributed by atoms with Crippen molar-refractivity contribution in [2.75, 3.05) is 33.2 Å². The zero-order valence-corrected chi connectivity index (χ0v) is 23.8. The molecule has 2 aliphatic heterocycles. The molecule has 36 heavy (non-hydrogen) atoms. The van der Waals surface area contributed by atoms with Gasteiger partial charge in [-0.2, -0.15) is 0 Å². The highest BCUT2D eigenvalue weighted by molar-refractivity contribution is 6.31. The predicted molar refractivity (Wildman–Crippen MR) is 146 cm³/mol. The Morgan fingerprint density at radius 1 is 1.22 bits per heavy atom. The van der Waals surface area contributed by atoms with Gasteiger partial charge in [0.25, 0.3) is 5.91 Å². The molecule has 2 aliphatic rings. The van der Waals surface area contributed by atoms with Crippen LogP contribution in [0, 0.1) is 23.2 Å². The number of rotatable bonds is 8. The molecule has 3 atom stereocenters. The van der Waals surface area contributed by atoms with Gasteiger partial charge in [0.1, 0.15) is 0 Å². The molecular formula is C28H45ClN4O3. The number of nitrogens with zero attached hydrogens (tertiary/aromatic N) is 2. The fraction of sp³-hybridized carbons (Fsp3) is 0.679. The van der Waals surface area contributed by atoms with Gasteiger partial charge in [0.15, 0.2) is 0 Å². The van der Waals surface area contributed by atoms with Crippen molar-refractivity contribution in [2.45, 2.75) is 66.8 Å². The van der Waals surface area contributed by atoms with Crippen molar-refractivity contribution in [3.8, 4) is 0 Å². The molecule has 2 saturated heterocycles. The third-order valence-electron chi connectivity index (χ3n) is 7.06. The number of hydrogen-bond donors (Lipinski definition) is 2. The van der Waals surface area contributed by atoms with E-state index in [0.29, 0.717) is 23.1 Å². The molecule has 3 amide bonds. The van der Waals surface area contributed by atoms with Crippen LogP contribution >= 0.6 is 11.6 Å². The van der Waals surface area contributed by atoms with E-state index < -0.39 is 0 Å². The molecule has 202 valence electrons. The Hall–Kier alpha value is -2.28. The molecule has 2 N–H and O–H groups in total. The summed E-state index contributed by atoms with van der Waals surface area (Å²) in [5.41, 5.74) is 0.125. The number of carbonyl (C=O) groups excluding carboxylic acids is 3. The smallest absolute Gasteiger partial charge is 0.251 e. The topological polar surface area (TPSA) is 81.8 Å². The first-order chi connectivity index (χ1) is 16.8. The summed E-state index contributed by atoms with van der Waals surface area (Å²) in [6.07, 6.45) is 9.95. The van der Waals surface area contributed by atoms with Gasteiger partial charge in [-0.15, -0.1) is 0 Å². The number of amides is 3. The normalized spacial score (nSPS) is 24.6. The van der Waals surface area contributed by atoms with Gasteiger partial charge >= 0.3 is 0 Å². The van der Waals surface area contributed by atoms with Gasteiger partial charge in [0.05, 0.1) is 5.92 Å². The molecule has 8 heteroatoms. The van der Waals surface area contributed by atoms with E-state index in [1.807, 2.05) is 45.8 Å². The van der Waals surface area contributed by atoms with Crippen molar-refractivity contribution in [1.82, 2.24) is 20.4 Å². The van der Waals surface area contributed by atoms with Crippen LogP contribution in [0.2, 0.25) is 0 Å². The van der Waals surface area contributed by atoms with Crippen molar-refractivity contribution in [1.29, 1.82) is 0 Å². The average molecular weight is 521 g/mol. The highest BCUT2D eigenvalue weighted by atomic mass is 35.5. The molecular weight excluding hydrogens is 476 g/mol. The molecule has 2 rings (SSSR count). The van der Waals surface area contributed by atoms with Crippen LogP contribution in [0.1, 0.15) is 60.8 Å². The average Bonchev–Trinajstić information content (AvgIpc) is 2.79. The molecule has 0 saturated carbocycles. The Balaban J connectivity index is 1.82. The van der Waals surface area contributed by atoms with Crippen molar-refractivity contribution in [2.24, 2.45) is 23.2 Å². The van der Waals surface area contributed by atoms with Gasteiger partial charge in [-0.1, -0.05) is 45.4 Å². The summed E-state index contributed by atoms with van der Waals surface area (Å²) in [6.45, 7) is 14.5. The maximum absolute atomic E-state index is 12.7. The van der Waals surface area contributed by atoms with Crippen LogP contribution in [-0.4, -0.2) is 66.8 Å². The third-order valence-corrected chi connectivity index (χ3v) is 7.30. The lowest BCUT2D eigenvalue weighted by atomic mass is 9.84. The zero-order chi connectivity index (χ0) is 27.0. The van der Waals surface area contributed by atoms with Crippen LogP contribution in [0.3, 0.4) is 0 Å². The fourth-order valence-corrected chi connectivity index (χ4v) is 5.10. The van der Waals surface area contributed by atoms with E-state index in [1.165, 1.54) is 0 Å². The summed E-state index contributed by atoms with van der Waals surface area (Å²) in [6, 6.07) is 0.169. The van der Waals surface area contributed by atoms with Crippen LogP contribution < -0.4 is 10.6 Å². The van der Waals surface area contributed by atoms with Gasteiger partial charge in [-0.3, -0.25) is 14.4 Å². The second-order valence-electron chi connectivity index (χ2n) is 11.5. The van der Waals surface area contributed by atoms with E-state index in [4.69, 9.17) is 11.6 Å². The lowest BCUT2D eigenvalue weighted by Gasteiger charge is -2.36. The summed E-state index contributed by atoms with van der Waals surface area (Å²) >= 11 is 6.41. The van der Waals surface area contributed by atoms with Crippen molar-refractivity contribution < 1.29 is 14.4 Å². The number of carbonyl (C=O) groups is 3. The standard InChI is InChI=1S/C28H45ClN4O3/c1-8-22(25(34)30-17-24-19(2)15-20(3)31-26(24)35)16-23(29)11-12-32(7)18-21-9-13-33(14-10-21)27(36)28(4,5)6/h8,11-12,16,19-21,24H,9-10,13-15,17-18H2,1-7H3,(H,30,34)(H,31,35)/b12-11+,22-8-,23-16+. The molecule has 3 unspecified atom stereocenters. The Morgan fingerprint density at radius 3 is 2.42 bits per heavy atom. The van der Waals surface area contributed by atoms with Crippen molar-refractivity contribution in [3.05, 3.63) is 35.0 Å². The quantitative estimate of drug-likeness (QED) is 0.373. The first-order valence-electron chi connectivity index (χ1n) is 13.1. The van der Waals surface area contributed by atoms with E-state index >= 15 is 0 Å². The maximum Gasteiger partial charge on any atom is 0.251 e. The summed E-state index contributed by atoms with van der Waals surface area (Å²) in [7, 11) is 2.01. The van der Waals surface area contributed by atoms with Gasteiger partial charge in [-0.25, -0.2) is 0 Å². The van der Waals surface area contributed by atoms with Gasteiger partial charge in [0.2, 0.25) is 11.8 Å². The van der Waals surface area contributed by atoms with Crippen molar-refractivity contribution in [3.63, 3.8) is 0 Å². The Bertz CT molecular complexity index is 882. The molecule has 0 radical (unpaired) electrons. The predicted octanol–water partition coefficient (Wildman–Crippen LogP) is 4.06. The lowest BCUT2D eigenvalue weighted by Crippen LogP contribution is -2.50. The second kappa shape index (κ2) is 13.3. The lowest BCUT2D eigenvalue weighted by molar-refractivity contribution is -0.141. The van der Waals surface area contributed by atoms with Gasteiger partial charge in [-0.05, 0) is 57.1 Å². The molecule has 0 spiro atoms. The molecule has 0 aromatic rings. The molecule has 0 bridgehead atoms. The largest absolute Gasteiger partial charge is 0.380 e. The van der Waals surface area contributed by atoms with Gasteiger partial charge in [0, 0.05) is 61.5 Å². The monoisotopic (exact) mass is 520 g/mol. The zero-order valence-electron chi connectivity index (χ0n) is 23.1. The minimum absolute atomic E-state index is 0.00500. The highest BCUT2D eigenvalue weighted by Crippen LogP contribution is 2.24. The molecule has 2 fully saturated rings. The third kappa shape index (κ3) is 8.99. The summed E-state index contributed by atoms with van der Waals surface area (Å²) in [5, 5.41) is 6.30. The Morgan fingerprint density at radius 2 is 1.86 bits per heavy atom. The highest BCUT2D eigenvalue weighted by Gasteiger charge is 2.32. The van der Waals surface area contributed by atoms with E-state index in [0.717, 1.165) is 38.9 Å². The summed E-state index contributed by atoms with van der Waals surface area (Å²) < 4.78 is 0. The van der Waals surface area contributed by atoms with Crippen molar-refractivity contribution >= 4 is 29.3 Å². The van der Waals surface area contributed by atoms with Crippen LogP contribution in [-0.2, 0) is 14.4 Å². The minimum atomic E-state index is -0.334.